The number of hydrogen-bond acceptors (Lipinski definition) is 8. The molecule has 0 saturated carbocycles. The van der Waals surface area contributed by atoms with Crippen LogP contribution in [-0.4, -0.2) is 51.7 Å². The van der Waals surface area contributed by atoms with Gasteiger partial charge >= 0.3 is 0 Å². The van der Waals surface area contributed by atoms with Crippen LogP contribution in [0, 0.1) is 5.92 Å². The zero-order chi connectivity index (χ0) is 23.4. The lowest BCUT2D eigenvalue weighted by Crippen LogP contribution is -2.35. The van der Waals surface area contributed by atoms with Crippen LogP contribution in [0.25, 0.3) is 0 Å². The number of carbonyl (C=O) groups excluding carboxylic acids is 3. The highest BCUT2D eigenvalue weighted by molar-refractivity contribution is 6.30. The molecule has 3 N–H and O–H groups in total. The van der Waals surface area contributed by atoms with Gasteiger partial charge < -0.3 is 24.8 Å². The van der Waals surface area contributed by atoms with Gasteiger partial charge in [0.25, 0.3) is 0 Å². The molecule has 8 heteroatoms. The molecule has 0 amide bonds. The molecule has 8 nitrogen and oxygen atoms in total. The Morgan fingerprint density at radius 2 is 1.67 bits per heavy atom. The summed E-state index contributed by atoms with van der Waals surface area (Å²) in [4.78, 5) is 38.7. The maximum Gasteiger partial charge on any atom is 0.198 e. The summed E-state index contributed by atoms with van der Waals surface area (Å²) >= 11 is 0. The maximum atomic E-state index is 13.2. The lowest BCUT2D eigenvalue weighted by molar-refractivity contribution is -0.213. The lowest BCUT2D eigenvalue weighted by Gasteiger charge is -2.36. The van der Waals surface area contributed by atoms with E-state index in [-0.39, 0.29) is 58.6 Å². The number of ketones is 3. The van der Waals surface area contributed by atoms with Gasteiger partial charge in [0.05, 0.1) is 29.9 Å². The summed E-state index contributed by atoms with van der Waals surface area (Å²) in [5.41, 5.74) is 0.271. The minimum absolute atomic E-state index is 0.103. The first kappa shape index (κ1) is 21.8. The van der Waals surface area contributed by atoms with Gasteiger partial charge in [-0.3, -0.25) is 14.4 Å². The van der Waals surface area contributed by atoms with Crippen molar-refractivity contribution in [2.45, 2.75) is 51.1 Å². The maximum absolute atomic E-state index is 13.2. The normalized spacial score (nSPS) is 26.4. The van der Waals surface area contributed by atoms with Crippen LogP contribution in [0.2, 0.25) is 0 Å². The molecule has 1 aliphatic heterocycles. The van der Waals surface area contributed by atoms with Crippen LogP contribution in [0.1, 0.15) is 75.3 Å². The molecule has 172 valence electrons. The van der Waals surface area contributed by atoms with Gasteiger partial charge in [-0.05, 0) is 26.2 Å². The topological polar surface area (TPSA) is 130 Å². The first-order valence-electron chi connectivity index (χ1n) is 11.0. The number of benzene rings is 2. The number of phenols is 2. The van der Waals surface area contributed by atoms with Crippen LogP contribution < -0.4 is 0 Å². The van der Waals surface area contributed by atoms with E-state index in [0.29, 0.717) is 12.8 Å². The fourth-order valence-electron chi connectivity index (χ4n) is 5.08. The largest absolute Gasteiger partial charge is 0.507 e. The predicted octanol–water partition coefficient (Wildman–Crippen LogP) is 2.58. The minimum atomic E-state index is -0.834. The van der Waals surface area contributed by atoms with Gasteiger partial charge in [-0.25, -0.2) is 0 Å². The molecule has 4 atom stereocenters. The summed E-state index contributed by atoms with van der Waals surface area (Å²) in [5.74, 6) is -2.53. The Balaban J connectivity index is 1.65. The first-order chi connectivity index (χ1) is 15.8. The molecule has 0 radical (unpaired) electrons. The van der Waals surface area contributed by atoms with Crippen molar-refractivity contribution in [1.82, 2.24) is 0 Å². The van der Waals surface area contributed by atoms with Crippen LogP contribution >= 0.6 is 0 Å². The number of aliphatic hydroxyl groups excluding tert-OH is 1. The van der Waals surface area contributed by atoms with E-state index in [0.717, 1.165) is 0 Å². The Bertz CT molecular complexity index is 1180. The third-order valence-electron chi connectivity index (χ3n) is 6.83. The van der Waals surface area contributed by atoms with Crippen LogP contribution in [0.3, 0.4) is 0 Å². The summed E-state index contributed by atoms with van der Waals surface area (Å²) in [7, 11) is 0. The molecule has 0 spiro atoms. The molecule has 1 saturated heterocycles. The highest BCUT2D eigenvalue weighted by Crippen LogP contribution is 2.51. The second kappa shape index (κ2) is 8.06. The number of aromatic hydroxyl groups is 2. The van der Waals surface area contributed by atoms with Crippen LogP contribution in [0.5, 0.6) is 11.5 Å². The van der Waals surface area contributed by atoms with E-state index in [1.807, 2.05) is 0 Å². The molecular weight excluding hydrogens is 428 g/mol. The zero-order valence-electron chi connectivity index (χ0n) is 18.0. The number of hydrogen-bond donors (Lipinski definition) is 3. The second-order valence-electron chi connectivity index (χ2n) is 8.91. The van der Waals surface area contributed by atoms with Gasteiger partial charge in [0.15, 0.2) is 17.9 Å². The Kier molecular flexibility index (Phi) is 5.31. The van der Waals surface area contributed by atoms with Crippen molar-refractivity contribution in [2.24, 2.45) is 5.92 Å². The number of phenolic OH excluding ortho intramolecular Hbond substituents is 2. The molecule has 0 bridgehead atoms. The Hall–Kier alpha value is -3.07. The average Bonchev–Trinajstić information content (AvgIpc) is 2.80. The predicted molar refractivity (Wildman–Crippen MR) is 114 cm³/mol. The average molecular weight is 452 g/mol. The zero-order valence-corrected chi connectivity index (χ0v) is 18.0. The van der Waals surface area contributed by atoms with Crippen LogP contribution in [-0.2, 0) is 20.7 Å². The molecule has 3 aliphatic rings. The van der Waals surface area contributed by atoms with Gasteiger partial charge in [0.2, 0.25) is 0 Å². The molecule has 2 aliphatic carbocycles. The molecule has 5 rings (SSSR count). The monoisotopic (exact) mass is 452 g/mol. The van der Waals surface area contributed by atoms with E-state index in [1.54, 1.807) is 12.1 Å². The first-order valence-corrected chi connectivity index (χ1v) is 11.0. The third-order valence-corrected chi connectivity index (χ3v) is 6.83. The van der Waals surface area contributed by atoms with Crippen molar-refractivity contribution in [3.8, 4) is 11.5 Å². The number of Topliss-reactive ketones (excluding diaryl/α,β-unsaturated/α-hetero) is 1. The fraction of sp³-hybridized carbons (Fsp3) is 0.400. The van der Waals surface area contributed by atoms with Gasteiger partial charge in [-0.1, -0.05) is 24.3 Å². The highest BCUT2D eigenvalue weighted by Gasteiger charge is 2.43. The minimum Gasteiger partial charge on any atom is -0.507 e. The Morgan fingerprint density at radius 1 is 1.03 bits per heavy atom. The number of ether oxygens (including phenoxy) is 2. The summed E-state index contributed by atoms with van der Waals surface area (Å²) < 4.78 is 11.6. The molecule has 0 aromatic heterocycles. The number of carbonyl (C=O) groups is 3. The van der Waals surface area contributed by atoms with Crippen molar-refractivity contribution in [3.63, 3.8) is 0 Å². The molecule has 2 aromatic rings. The van der Waals surface area contributed by atoms with Crippen molar-refractivity contribution in [2.75, 3.05) is 6.61 Å². The van der Waals surface area contributed by atoms with E-state index in [1.165, 1.54) is 19.1 Å². The highest BCUT2D eigenvalue weighted by atomic mass is 16.7. The summed E-state index contributed by atoms with van der Waals surface area (Å²) in [6.45, 7) is 1.55. The molecule has 2 unspecified atom stereocenters. The fourth-order valence-corrected chi connectivity index (χ4v) is 5.08. The molecule has 2 aromatic carbocycles. The van der Waals surface area contributed by atoms with Crippen LogP contribution in [0.15, 0.2) is 24.3 Å². The lowest BCUT2D eigenvalue weighted by atomic mass is 9.74. The Labute approximate surface area is 189 Å². The molecule has 1 heterocycles. The Morgan fingerprint density at radius 3 is 2.24 bits per heavy atom. The SMILES string of the molecule is CC(=O)C1Cc2c(O)c3c(c(O)c2[C@@H](OC2CC[C@H](O)CO2)C1)C(=O)c1ccccc1C3=O. The third kappa shape index (κ3) is 3.45. The van der Waals surface area contributed by atoms with E-state index in [9.17, 15) is 29.7 Å². The standard InChI is InChI=1S/C25H24O8/c1-11(26)12-8-16-19(17(9-12)33-18-7-6-13(27)10-32-18)25(31)21-20(24(16)30)22(28)14-4-2-3-5-15(14)23(21)29/h2-5,12-13,17-18,27,30-31H,6-10H2,1H3/t12?,13-,17-,18?/m0/s1. The van der Waals surface area contributed by atoms with E-state index >= 15 is 0 Å². The quantitative estimate of drug-likeness (QED) is 0.517. The van der Waals surface area contributed by atoms with E-state index < -0.39 is 47.5 Å². The summed E-state index contributed by atoms with van der Waals surface area (Å²) in [5, 5.41) is 32.1. The van der Waals surface area contributed by atoms with E-state index in [2.05, 4.69) is 0 Å². The number of fused-ring (bicyclic) bond motifs is 3. The molecule has 33 heavy (non-hydrogen) atoms. The van der Waals surface area contributed by atoms with Gasteiger partial charge in [-0.2, -0.15) is 0 Å². The molecule has 1 fully saturated rings. The smallest absolute Gasteiger partial charge is 0.198 e. The number of rotatable bonds is 3. The number of aliphatic hydroxyl groups is 1. The second-order valence-corrected chi connectivity index (χ2v) is 8.91. The summed E-state index contributed by atoms with van der Waals surface area (Å²) in [6, 6.07) is 6.27. The van der Waals surface area contributed by atoms with Crippen LogP contribution in [0.4, 0.5) is 0 Å². The molecular formula is C25H24O8. The van der Waals surface area contributed by atoms with Crippen molar-refractivity contribution >= 4 is 17.3 Å². The summed E-state index contributed by atoms with van der Waals surface area (Å²) in [6.07, 6.45) is -0.848. The van der Waals surface area contributed by atoms with E-state index in [4.69, 9.17) is 9.47 Å². The van der Waals surface area contributed by atoms with Gasteiger partial charge in [0, 0.05) is 34.6 Å². The van der Waals surface area contributed by atoms with Crippen molar-refractivity contribution < 1.29 is 39.2 Å². The van der Waals surface area contributed by atoms with Crippen molar-refractivity contribution in [1.29, 1.82) is 0 Å². The van der Waals surface area contributed by atoms with Crippen molar-refractivity contribution in [3.05, 3.63) is 57.6 Å². The van der Waals surface area contributed by atoms with Gasteiger partial charge in [0.1, 0.15) is 17.3 Å². The van der Waals surface area contributed by atoms with Gasteiger partial charge in [-0.15, -0.1) is 0 Å².